The number of ether oxygens (including phenoxy) is 1. The fourth-order valence-corrected chi connectivity index (χ4v) is 4.83. The monoisotopic (exact) mass is 610 g/mol. The molecule has 0 aromatic rings. The van der Waals surface area contributed by atoms with E-state index in [1.54, 1.807) is 0 Å². The largest absolute Gasteiger partial charge is 0.480 e. The van der Waals surface area contributed by atoms with Crippen LogP contribution in [0.15, 0.2) is 12.2 Å². The third kappa shape index (κ3) is 26.9. The number of aliphatic hydroxyl groups is 1. The maximum atomic E-state index is 12.5. The van der Waals surface area contributed by atoms with E-state index in [0.717, 1.165) is 70.6 Å². The quantitative estimate of drug-likeness (QED) is 0.0400. The van der Waals surface area contributed by atoms with Crippen LogP contribution in [0.5, 0.6) is 0 Å². The molecule has 0 aliphatic rings. The molecule has 2 atom stereocenters. The number of carboxylic acids is 1. The Kier molecular flexibility index (Phi) is 28.0. The molecule has 0 saturated heterocycles. The minimum absolute atomic E-state index is 0.0380. The van der Waals surface area contributed by atoms with E-state index in [1.807, 2.05) is 0 Å². The van der Waals surface area contributed by atoms with Crippen LogP contribution >= 0.6 is 0 Å². The van der Waals surface area contributed by atoms with Crippen molar-refractivity contribution in [2.24, 2.45) is 0 Å². The number of aliphatic hydroxyl groups excluding tert-OH is 1. The summed E-state index contributed by atoms with van der Waals surface area (Å²) in [6.45, 7) is 3.36. The van der Waals surface area contributed by atoms with Gasteiger partial charge in [-0.2, -0.15) is 0 Å². The summed E-state index contributed by atoms with van der Waals surface area (Å²) in [5, 5.41) is 22.4. The number of rotatable bonds is 30. The molecular weight excluding hydrogens is 548 g/mol. The van der Waals surface area contributed by atoms with Crippen LogP contribution in [-0.4, -0.2) is 59.3 Å². The van der Waals surface area contributed by atoms with E-state index in [4.69, 9.17) is 14.9 Å². The van der Waals surface area contributed by atoms with Gasteiger partial charge in [0.1, 0.15) is 12.1 Å². The zero-order valence-corrected chi connectivity index (χ0v) is 27.2. The zero-order chi connectivity index (χ0) is 32.0. The number of hydrogen-bond donors (Lipinski definition) is 4. The van der Waals surface area contributed by atoms with Gasteiger partial charge in [0.25, 0.3) is 0 Å². The summed E-state index contributed by atoms with van der Waals surface area (Å²) in [5.74, 6) is -2.34. The Morgan fingerprint density at radius 1 is 0.674 bits per heavy atom. The Hall–Kier alpha value is -2.42. The van der Waals surface area contributed by atoms with E-state index in [2.05, 4.69) is 36.6 Å². The maximum absolute atomic E-state index is 12.5. The number of carbonyl (C=O) groups is 4. The summed E-state index contributed by atoms with van der Waals surface area (Å²) >= 11 is 0. The van der Waals surface area contributed by atoms with Crippen LogP contribution in [0.25, 0.3) is 0 Å². The molecule has 0 saturated carbocycles. The van der Waals surface area contributed by atoms with Crippen molar-refractivity contribution >= 4 is 23.8 Å². The van der Waals surface area contributed by atoms with Crippen molar-refractivity contribution in [2.45, 2.75) is 167 Å². The van der Waals surface area contributed by atoms with Crippen molar-refractivity contribution in [3.05, 3.63) is 12.2 Å². The molecule has 0 heterocycles. The lowest BCUT2D eigenvalue weighted by Crippen LogP contribution is -2.47. The Balaban J connectivity index is 4.22. The molecule has 2 unspecified atom stereocenters. The van der Waals surface area contributed by atoms with Gasteiger partial charge in [-0.3, -0.25) is 14.4 Å². The Bertz CT molecular complexity index is 757. The standard InChI is InChI=1S/C34H62N2O7/c1-3-5-7-9-11-12-13-14-16-22-26-33(40)43-29(23-19-15-10-8-6-4-2)24-20-17-18-21-25-31(38)35-27-32(39)36-30(28-37)34(41)42/h7,9,29-30,37H,3-6,8,10-28H2,1-2H3,(H,35,38)(H,36,39)(H,41,42)/b9-7-. The van der Waals surface area contributed by atoms with Crippen molar-refractivity contribution in [2.75, 3.05) is 13.2 Å². The predicted molar refractivity (Wildman–Crippen MR) is 172 cm³/mol. The number of carbonyl (C=O) groups excluding carboxylic acids is 3. The minimum Gasteiger partial charge on any atom is -0.480 e. The van der Waals surface area contributed by atoms with Crippen molar-refractivity contribution in [1.82, 2.24) is 10.6 Å². The SMILES string of the molecule is CCC/C=C\CCCCCCCC(=O)OC(CCCCCCCC)CCCCCCC(=O)NCC(=O)NC(CO)C(=O)O. The lowest BCUT2D eigenvalue weighted by Gasteiger charge is -2.18. The number of carboxylic acid groups (broad SMARTS) is 1. The molecule has 0 aliphatic heterocycles. The van der Waals surface area contributed by atoms with Crippen LogP contribution in [0.1, 0.15) is 155 Å². The molecule has 9 heteroatoms. The summed E-state index contributed by atoms with van der Waals surface area (Å²) in [4.78, 5) is 47.1. The number of amides is 2. The topological polar surface area (TPSA) is 142 Å². The first-order chi connectivity index (χ1) is 20.8. The number of esters is 1. The molecule has 0 aliphatic carbocycles. The number of unbranched alkanes of at least 4 members (excludes halogenated alkanes) is 14. The van der Waals surface area contributed by atoms with Gasteiger partial charge < -0.3 is 25.6 Å². The molecule has 0 fully saturated rings. The average molecular weight is 611 g/mol. The highest BCUT2D eigenvalue weighted by Crippen LogP contribution is 2.18. The molecule has 0 aromatic carbocycles. The smallest absolute Gasteiger partial charge is 0.328 e. The minimum atomic E-state index is -1.38. The molecule has 2 amide bonds. The van der Waals surface area contributed by atoms with Crippen LogP contribution in [0.3, 0.4) is 0 Å². The summed E-state index contributed by atoms with van der Waals surface area (Å²) in [6, 6.07) is -1.38. The highest BCUT2D eigenvalue weighted by Gasteiger charge is 2.19. The summed E-state index contributed by atoms with van der Waals surface area (Å²) in [6.07, 6.45) is 26.7. The second-order valence-electron chi connectivity index (χ2n) is 11.6. The van der Waals surface area contributed by atoms with Gasteiger partial charge in [-0.05, 0) is 57.8 Å². The van der Waals surface area contributed by atoms with Crippen molar-refractivity contribution in [1.29, 1.82) is 0 Å². The van der Waals surface area contributed by atoms with Crippen LogP contribution in [-0.2, 0) is 23.9 Å². The van der Waals surface area contributed by atoms with Gasteiger partial charge in [0.2, 0.25) is 11.8 Å². The second kappa shape index (κ2) is 29.6. The molecule has 0 radical (unpaired) electrons. The molecule has 0 spiro atoms. The first-order valence-corrected chi connectivity index (χ1v) is 17.1. The molecule has 9 nitrogen and oxygen atoms in total. The average Bonchev–Trinajstić information content (AvgIpc) is 2.98. The lowest BCUT2D eigenvalue weighted by atomic mass is 10.0. The summed E-state index contributed by atoms with van der Waals surface area (Å²) < 4.78 is 5.91. The van der Waals surface area contributed by atoms with E-state index in [9.17, 15) is 19.2 Å². The molecule has 0 aromatic heterocycles. The van der Waals surface area contributed by atoms with Gasteiger partial charge in [-0.15, -0.1) is 0 Å². The van der Waals surface area contributed by atoms with E-state index >= 15 is 0 Å². The van der Waals surface area contributed by atoms with E-state index in [-0.39, 0.29) is 30.9 Å². The molecule has 250 valence electrons. The molecule has 0 bridgehead atoms. The van der Waals surface area contributed by atoms with Gasteiger partial charge in [0.05, 0.1) is 13.2 Å². The highest BCUT2D eigenvalue weighted by molar-refractivity contribution is 5.87. The van der Waals surface area contributed by atoms with E-state index in [0.29, 0.717) is 12.8 Å². The third-order valence-electron chi connectivity index (χ3n) is 7.49. The molecular formula is C34H62N2O7. The number of allylic oxidation sites excluding steroid dienone is 2. The van der Waals surface area contributed by atoms with Crippen molar-refractivity contribution < 1.29 is 34.1 Å². The fraction of sp³-hybridized carbons (Fsp3) is 0.824. The Morgan fingerprint density at radius 2 is 1.23 bits per heavy atom. The van der Waals surface area contributed by atoms with Crippen molar-refractivity contribution in [3.8, 4) is 0 Å². The first kappa shape index (κ1) is 40.6. The van der Waals surface area contributed by atoms with Crippen LogP contribution in [0.2, 0.25) is 0 Å². The summed E-state index contributed by atoms with van der Waals surface area (Å²) in [5.41, 5.74) is 0. The lowest BCUT2D eigenvalue weighted by molar-refractivity contribution is -0.150. The first-order valence-electron chi connectivity index (χ1n) is 17.1. The number of nitrogens with one attached hydrogen (secondary N) is 2. The van der Waals surface area contributed by atoms with Gasteiger partial charge in [0.15, 0.2) is 0 Å². The zero-order valence-electron chi connectivity index (χ0n) is 27.2. The van der Waals surface area contributed by atoms with Crippen LogP contribution < -0.4 is 10.6 Å². The van der Waals surface area contributed by atoms with Gasteiger partial charge in [-0.25, -0.2) is 4.79 Å². The van der Waals surface area contributed by atoms with Gasteiger partial charge in [-0.1, -0.05) is 96.6 Å². The maximum Gasteiger partial charge on any atom is 0.328 e. The molecule has 43 heavy (non-hydrogen) atoms. The van der Waals surface area contributed by atoms with Gasteiger partial charge >= 0.3 is 11.9 Å². The molecule has 0 rings (SSSR count). The van der Waals surface area contributed by atoms with Crippen LogP contribution in [0, 0.1) is 0 Å². The van der Waals surface area contributed by atoms with Crippen molar-refractivity contribution in [3.63, 3.8) is 0 Å². The predicted octanol–water partition coefficient (Wildman–Crippen LogP) is 6.75. The molecule has 4 N–H and O–H groups in total. The normalized spacial score (nSPS) is 12.6. The number of aliphatic carboxylic acids is 1. The Labute approximate surface area is 261 Å². The summed E-state index contributed by atoms with van der Waals surface area (Å²) in [7, 11) is 0. The van der Waals surface area contributed by atoms with Gasteiger partial charge in [0, 0.05) is 12.8 Å². The van der Waals surface area contributed by atoms with E-state index < -0.39 is 24.5 Å². The van der Waals surface area contributed by atoms with Crippen LogP contribution in [0.4, 0.5) is 0 Å². The second-order valence-corrected chi connectivity index (χ2v) is 11.6. The number of hydrogen-bond acceptors (Lipinski definition) is 6. The Morgan fingerprint density at radius 3 is 1.84 bits per heavy atom. The highest BCUT2D eigenvalue weighted by atomic mass is 16.5. The third-order valence-corrected chi connectivity index (χ3v) is 7.49. The van der Waals surface area contributed by atoms with E-state index in [1.165, 1.54) is 51.4 Å². The fourth-order valence-electron chi connectivity index (χ4n) is 4.83.